The molecule has 0 fully saturated rings. The Morgan fingerprint density at radius 1 is 0.886 bits per heavy atom. The number of carbonyl (C=O) groups is 6. The molecule has 4 amide bonds. The Balaban J connectivity index is 2.50. The van der Waals surface area contributed by atoms with Crippen molar-refractivity contribution in [1.82, 2.24) is 15.5 Å². The molecule has 44 heavy (non-hydrogen) atoms. The number of esters is 1. The van der Waals surface area contributed by atoms with Crippen molar-refractivity contribution < 1.29 is 38.2 Å². The summed E-state index contributed by atoms with van der Waals surface area (Å²) in [5.41, 5.74) is 1.44. The topological polar surface area (TPSA) is 148 Å². The second kappa shape index (κ2) is 18.5. The molecule has 2 N–H and O–H groups in total. The van der Waals surface area contributed by atoms with Crippen LogP contribution in [0.3, 0.4) is 0 Å². The highest BCUT2D eigenvalue weighted by Crippen LogP contribution is 2.25. The number of rotatable bonds is 15. The van der Waals surface area contributed by atoms with Crippen LogP contribution in [-0.2, 0) is 46.5 Å². The third-order valence-electron chi connectivity index (χ3n) is 6.53. The fourth-order valence-corrected chi connectivity index (χ4v) is 5.23. The Labute approximate surface area is 262 Å². The molecule has 0 saturated heterocycles. The summed E-state index contributed by atoms with van der Waals surface area (Å²) in [5, 5.41) is 3.67. The summed E-state index contributed by atoms with van der Waals surface area (Å²) in [6, 6.07) is 15.5. The second-order valence-electron chi connectivity index (χ2n) is 10.5. The molecule has 11 nitrogen and oxygen atoms in total. The quantitative estimate of drug-likeness (QED) is 0.282. The Morgan fingerprint density at radius 3 is 2.00 bits per heavy atom. The number of nitrogens with one attached hydrogen (secondary N) is 2. The molecule has 0 aromatic heterocycles. The van der Waals surface area contributed by atoms with Crippen molar-refractivity contribution in [3.8, 4) is 0 Å². The van der Waals surface area contributed by atoms with Crippen molar-refractivity contribution in [3.63, 3.8) is 0 Å². The van der Waals surface area contributed by atoms with E-state index in [1.807, 2.05) is 44.2 Å². The van der Waals surface area contributed by atoms with Crippen molar-refractivity contribution in [2.75, 3.05) is 14.2 Å². The number of likely N-dealkylation sites (N-methyl/N-ethyl adjacent to an activating group) is 1. The molecule has 12 heteroatoms. The first-order valence-electron chi connectivity index (χ1n) is 14.3. The minimum Gasteiger partial charge on any atom is -0.469 e. The van der Waals surface area contributed by atoms with E-state index in [0.717, 1.165) is 10.5 Å². The number of thioether (sulfide) groups is 1. The number of hydrogen-bond donors (Lipinski definition) is 2. The first-order valence-corrected chi connectivity index (χ1v) is 15.2. The first kappa shape index (κ1) is 36.0. The van der Waals surface area contributed by atoms with Gasteiger partial charge in [0.1, 0.15) is 18.7 Å². The van der Waals surface area contributed by atoms with Crippen LogP contribution < -0.4 is 10.6 Å². The molecule has 3 atom stereocenters. The van der Waals surface area contributed by atoms with Crippen LogP contribution in [-0.4, -0.2) is 71.3 Å². The second-order valence-corrected chi connectivity index (χ2v) is 11.9. The Kier molecular flexibility index (Phi) is 15.1. The van der Waals surface area contributed by atoms with Gasteiger partial charge in [0.2, 0.25) is 17.7 Å². The van der Waals surface area contributed by atoms with Gasteiger partial charge in [-0.05, 0) is 29.9 Å². The maximum atomic E-state index is 14.1. The molecule has 0 heterocycles. The zero-order valence-corrected chi connectivity index (χ0v) is 26.6. The molecule has 2 rings (SSSR count). The van der Waals surface area contributed by atoms with Crippen LogP contribution in [0.4, 0.5) is 4.79 Å². The van der Waals surface area contributed by atoms with Crippen LogP contribution in [0.25, 0.3) is 0 Å². The number of methoxy groups -OCH3 is 1. The zero-order valence-electron chi connectivity index (χ0n) is 25.7. The third kappa shape index (κ3) is 11.8. The predicted molar refractivity (Wildman–Crippen MR) is 166 cm³/mol. The van der Waals surface area contributed by atoms with Gasteiger partial charge in [0.05, 0.1) is 12.4 Å². The number of nitrogens with zero attached hydrogens (tertiary/aromatic N) is 1. The monoisotopic (exact) mass is 627 g/mol. The zero-order chi connectivity index (χ0) is 32.6. The van der Waals surface area contributed by atoms with E-state index in [1.54, 1.807) is 30.3 Å². The minimum atomic E-state index is -1.39. The van der Waals surface area contributed by atoms with Crippen LogP contribution in [0, 0.1) is 5.92 Å². The maximum absolute atomic E-state index is 14.1. The Hall–Kier alpha value is -4.19. The lowest BCUT2D eigenvalue weighted by atomic mass is 9.99. The van der Waals surface area contributed by atoms with Gasteiger partial charge in [-0.1, -0.05) is 86.3 Å². The van der Waals surface area contributed by atoms with E-state index in [0.29, 0.717) is 17.3 Å². The summed E-state index contributed by atoms with van der Waals surface area (Å²) in [4.78, 5) is 79.2. The SMILES string of the molecule is CNC(=O)[C@H](Cc1ccccc1)NC(=O)[C@H](CC(C)C)N(C(=O)OCc1ccccc1)C(=O)C(CCC(=O)OC)SC(C)=O. The van der Waals surface area contributed by atoms with Crippen LogP contribution >= 0.6 is 11.8 Å². The molecule has 0 aliphatic heterocycles. The summed E-state index contributed by atoms with van der Waals surface area (Å²) in [7, 11) is 2.64. The lowest BCUT2D eigenvalue weighted by Gasteiger charge is -2.33. The van der Waals surface area contributed by atoms with E-state index in [9.17, 15) is 28.8 Å². The van der Waals surface area contributed by atoms with Crippen LogP contribution in [0.5, 0.6) is 0 Å². The normalized spacial score (nSPS) is 12.8. The third-order valence-corrected chi connectivity index (χ3v) is 7.59. The summed E-state index contributed by atoms with van der Waals surface area (Å²) in [5.74, 6) is -2.85. The summed E-state index contributed by atoms with van der Waals surface area (Å²) in [6.07, 6.45) is -1.21. The van der Waals surface area contributed by atoms with Crippen molar-refractivity contribution in [2.45, 2.75) is 70.4 Å². The average molecular weight is 628 g/mol. The van der Waals surface area contributed by atoms with Gasteiger partial charge >= 0.3 is 12.1 Å². The minimum absolute atomic E-state index is 0.0400. The van der Waals surface area contributed by atoms with Crippen molar-refractivity contribution >= 4 is 46.7 Å². The number of carbonyl (C=O) groups excluding carboxylic acids is 6. The summed E-state index contributed by atoms with van der Waals surface area (Å²) in [6.45, 7) is 4.72. The highest BCUT2D eigenvalue weighted by Gasteiger charge is 2.41. The smallest absolute Gasteiger partial charge is 0.417 e. The highest BCUT2D eigenvalue weighted by atomic mass is 32.2. The molecular weight excluding hydrogens is 586 g/mol. The lowest BCUT2D eigenvalue weighted by molar-refractivity contribution is -0.142. The molecule has 0 spiro atoms. The molecule has 0 aliphatic rings. The van der Waals surface area contributed by atoms with Gasteiger partial charge in [-0.2, -0.15) is 0 Å². The summed E-state index contributed by atoms with van der Waals surface area (Å²) < 4.78 is 10.2. The van der Waals surface area contributed by atoms with E-state index < -0.39 is 52.2 Å². The molecule has 238 valence electrons. The Morgan fingerprint density at radius 2 is 1.48 bits per heavy atom. The van der Waals surface area contributed by atoms with Gasteiger partial charge < -0.3 is 20.1 Å². The first-order chi connectivity index (χ1) is 21.0. The average Bonchev–Trinajstić information content (AvgIpc) is 3.01. The molecule has 0 aliphatic carbocycles. The number of benzene rings is 2. The van der Waals surface area contributed by atoms with Gasteiger partial charge in [-0.3, -0.25) is 24.0 Å². The van der Waals surface area contributed by atoms with Crippen LogP contribution in [0.15, 0.2) is 60.7 Å². The van der Waals surface area contributed by atoms with Crippen molar-refractivity contribution in [2.24, 2.45) is 5.92 Å². The molecule has 2 aromatic rings. The predicted octanol–water partition coefficient (Wildman–Crippen LogP) is 3.64. The van der Waals surface area contributed by atoms with E-state index in [-0.39, 0.29) is 38.2 Å². The summed E-state index contributed by atoms with van der Waals surface area (Å²) >= 11 is 0.651. The van der Waals surface area contributed by atoms with E-state index in [1.165, 1.54) is 21.1 Å². The van der Waals surface area contributed by atoms with E-state index >= 15 is 0 Å². The largest absolute Gasteiger partial charge is 0.469 e. The van der Waals surface area contributed by atoms with Gasteiger partial charge in [0.25, 0.3) is 0 Å². The van der Waals surface area contributed by atoms with Gasteiger partial charge in [0.15, 0.2) is 5.12 Å². The number of hydrogen-bond acceptors (Lipinski definition) is 9. The molecule has 0 bridgehead atoms. The van der Waals surface area contributed by atoms with Gasteiger partial charge in [-0.15, -0.1) is 0 Å². The molecule has 0 saturated carbocycles. The number of imide groups is 1. The Bertz CT molecular complexity index is 1270. The van der Waals surface area contributed by atoms with Crippen molar-refractivity contribution in [3.05, 3.63) is 71.8 Å². The van der Waals surface area contributed by atoms with E-state index in [2.05, 4.69) is 10.6 Å². The standard InChI is InChI=1S/C32H41N3O8S/c1-21(2)18-26(30(39)34-25(29(38)33-4)19-23-12-8-6-9-13-23)35(32(41)43-20-24-14-10-7-11-15-24)31(40)27(44-22(3)36)16-17-28(37)42-5/h6-15,21,25-27H,16-20H2,1-5H3,(H,33,38)(H,34,39)/t25-,26-,27?/m0/s1. The number of amides is 4. The number of ether oxygens (including phenoxy) is 2. The fourth-order valence-electron chi connectivity index (χ4n) is 4.38. The fraction of sp³-hybridized carbons (Fsp3) is 0.438. The van der Waals surface area contributed by atoms with Crippen molar-refractivity contribution in [1.29, 1.82) is 0 Å². The molecule has 0 radical (unpaired) electrons. The maximum Gasteiger partial charge on any atom is 0.417 e. The lowest BCUT2D eigenvalue weighted by Crippen LogP contribution is -2.58. The highest BCUT2D eigenvalue weighted by molar-refractivity contribution is 8.14. The van der Waals surface area contributed by atoms with E-state index in [4.69, 9.17) is 9.47 Å². The van der Waals surface area contributed by atoms with Crippen LogP contribution in [0.1, 0.15) is 51.2 Å². The van der Waals surface area contributed by atoms with Gasteiger partial charge in [0, 0.05) is 26.8 Å². The van der Waals surface area contributed by atoms with Gasteiger partial charge in [-0.25, -0.2) is 9.69 Å². The molecular formula is C32H41N3O8S. The van der Waals surface area contributed by atoms with Crippen LogP contribution in [0.2, 0.25) is 0 Å². The molecule has 1 unspecified atom stereocenters. The molecule has 2 aromatic carbocycles.